The number of amides is 2. The fourth-order valence-electron chi connectivity index (χ4n) is 3.82. The van der Waals surface area contributed by atoms with E-state index in [1.165, 1.54) is 4.90 Å². The number of aromatic nitrogens is 2. The van der Waals surface area contributed by atoms with Gasteiger partial charge < -0.3 is 15.0 Å². The maximum atomic E-state index is 13.1. The number of imidazole rings is 1. The lowest BCUT2D eigenvalue weighted by Gasteiger charge is -2.36. The van der Waals surface area contributed by atoms with E-state index in [0.717, 1.165) is 28.0 Å². The highest BCUT2D eigenvalue weighted by Gasteiger charge is 2.36. The molecule has 7 nitrogen and oxygen atoms in total. The van der Waals surface area contributed by atoms with Gasteiger partial charge in [0, 0.05) is 19.4 Å². The number of H-pyrrole nitrogens is 1. The minimum absolute atomic E-state index is 0.184. The predicted molar refractivity (Wildman–Crippen MR) is 119 cm³/mol. The predicted octanol–water partition coefficient (Wildman–Crippen LogP) is 3.58. The van der Waals surface area contributed by atoms with Gasteiger partial charge in [0.2, 0.25) is 5.91 Å². The van der Waals surface area contributed by atoms with E-state index in [4.69, 9.17) is 4.74 Å². The number of nitrogens with zero attached hydrogens (tertiary/aromatic N) is 2. The first kappa shape index (κ1) is 20.9. The Morgan fingerprint density at radius 2 is 1.84 bits per heavy atom. The third-order valence-corrected chi connectivity index (χ3v) is 5.28. The Bertz CT molecular complexity index is 1070. The maximum absolute atomic E-state index is 13.1. The van der Waals surface area contributed by atoms with Crippen molar-refractivity contribution in [3.63, 3.8) is 0 Å². The normalized spacial score (nSPS) is 16.1. The Kier molecular flexibility index (Phi) is 5.67. The fraction of sp³-hybridized carbons (Fsp3) is 0.375. The van der Waals surface area contributed by atoms with Crippen LogP contribution in [0.2, 0.25) is 0 Å². The van der Waals surface area contributed by atoms with Crippen molar-refractivity contribution < 1.29 is 14.3 Å². The maximum Gasteiger partial charge on any atom is 0.411 e. The fourth-order valence-corrected chi connectivity index (χ4v) is 3.82. The van der Waals surface area contributed by atoms with Crippen molar-refractivity contribution in [3.8, 4) is 0 Å². The average Bonchev–Trinajstić information content (AvgIpc) is 3.14. The zero-order valence-electron chi connectivity index (χ0n) is 18.1. The molecule has 0 saturated heterocycles. The molecule has 0 fully saturated rings. The van der Waals surface area contributed by atoms with Gasteiger partial charge in [0.25, 0.3) is 0 Å². The Morgan fingerprint density at radius 3 is 2.58 bits per heavy atom. The van der Waals surface area contributed by atoms with E-state index in [2.05, 4.69) is 15.3 Å². The molecule has 0 radical (unpaired) electrons. The average molecular weight is 421 g/mol. The molecule has 162 valence electrons. The lowest BCUT2D eigenvalue weighted by molar-refractivity contribution is -0.127. The van der Waals surface area contributed by atoms with Gasteiger partial charge in [-0.3, -0.25) is 9.69 Å². The molecule has 2 heterocycles. The van der Waals surface area contributed by atoms with Gasteiger partial charge in [-0.15, -0.1) is 0 Å². The van der Waals surface area contributed by atoms with Gasteiger partial charge >= 0.3 is 6.09 Å². The quantitative estimate of drug-likeness (QED) is 0.675. The molecule has 0 bridgehead atoms. The number of para-hydroxylation sites is 2. The second kappa shape index (κ2) is 8.41. The third-order valence-electron chi connectivity index (χ3n) is 5.28. The van der Waals surface area contributed by atoms with Crippen LogP contribution in [0.1, 0.15) is 37.7 Å². The van der Waals surface area contributed by atoms with Crippen molar-refractivity contribution in [2.75, 3.05) is 6.54 Å². The summed E-state index contributed by atoms with van der Waals surface area (Å²) in [6, 6.07) is 15.1. The molecular weight excluding hydrogens is 392 g/mol. The topological polar surface area (TPSA) is 87.3 Å². The second-order valence-corrected chi connectivity index (χ2v) is 8.84. The summed E-state index contributed by atoms with van der Waals surface area (Å²) >= 11 is 0. The van der Waals surface area contributed by atoms with Crippen LogP contribution in [0.25, 0.3) is 11.0 Å². The Morgan fingerprint density at radius 1 is 1.13 bits per heavy atom. The number of carbonyl (C=O) groups excluding carboxylic acids is 2. The molecule has 31 heavy (non-hydrogen) atoms. The lowest BCUT2D eigenvalue weighted by atomic mass is 9.94. The minimum Gasteiger partial charge on any atom is -0.444 e. The highest BCUT2D eigenvalue weighted by Crippen LogP contribution is 2.25. The van der Waals surface area contributed by atoms with Crippen LogP contribution in [0, 0.1) is 0 Å². The molecule has 0 aliphatic carbocycles. The van der Waals surface area contributed by atoms with Crippen LogP contribution in [0.15, 0.2) is 48.5 Å². The van der Waals surface area contributed by atoms with Crippen molar-refractivity contribution in [1.29, 1.82) is 0 Å². The van der Waals surface area contributed by atoms with Crippen LogP contribution in [-0.4, -0.2) is 45.1 Å². The second-order valence-electron chi connectivity index (χ2n) is 8.84. The first-order valence-corrected chi connectivity index (χ1v) is 10.6. The first-order valence-electron chi connectivity index (χ1n) is 10.6. The van der Waals surface area contributed by atoms with Gasteiger partial charge in [-0.1, -0.05) is 36.4 Å². The Labute approximate surface area is 181 Å². The smallest absolute Gasteiger partial charge is 0.411 e. The molecule has 2 amide bonds. The third kappa shape index (κ3) is 4.87. The van der Waals surface area contributed by atoms with E-state index >= 15 is 0 Å². The number of rotatable bonds is 4. The summed E-state index contributed by atoms with van der Waals surface area (Å²) in [6.07, 6.45) is 0.571. The molecule has 3 aromatic rings. The molecule has 7 heteroatoms. The minimum atomic E-state index is -0.629. The lowest BCUT2D eigenvalue weighted by Crippen LogP contribution is -2.53. The molecule has 1 aliphatic heterocycles. The monoisotopic (exact) mass is 420 g/mol. The molecular formula is C24H28N4O3. The summed E-state index contributed by atoms with van der Waals surface area (Å²) in [7, 11) is 0. The highest BCUT2D eigenvalue weighted by molar-refractivity contribution is 5.86. The SMILES string of the molecule is CC(C)(C)OC(=O)N1Cc2ccccc2C[C@H]1C(=O)NCCc1nc2ccccc2[nH]1. The van der Waals surface area contributed by atoms with E-state index in [1.807, 2.05) is 69.3 Å². The number of benzene rings is 2. The van der Waals surface area contributed by atoms with Gasteiger partial charge in [0.1, 0.15) is 17.5 Å². The number of carbonyl (C=O) groups is 2. The number of ether oxygens (including phenoxy) is 1. The van der Waals surface area contributed by atoms with E-state index in [-0.39, 0.29) is 5.91 Å². The zero-order chi connectivity index (χ0) is 22.0. The van der Waals surface area contributed by atoms with E-state index < -0.39 is 17.7 Å². The summed E-state index contributed by atoms with van der Waals surface area (Å²) in [5, 5.41) is 2.98. The van der Waals surface area contributed by atoms with Crippen molar-refractivity contribution in [2.24, 2.45) is 0 Å². The zero-order valence-corrected chi connectivity index (χ0v) is 18.1. The number of hydrogen-bond donors (Lipinski definition) is 2. The van der Waals surface area contributed by atoms with Crippen LogP contribution in [0.3, 0.4) is 0 Å². The van der Waals surface area contributed by atoms with Crippen LogP contribution in [0.5, 0.6) is 0 Å². The molecule has 1 aliphatic rings. The molecule has 2 aromatic carbocycles. The summed E-state index contributed by atoms with van der Waals surface area (Å²) in [6.45, 7) is 6.26. The van der Waals surface area contributed by atoms with Gasteiger partial charge in [-0.25, -0.2) is 9.78 Å². The van der Waals surface area contributed by atoms with Gasteiger partial charge in [-0.2, -0.15) is 0 Å². The van der Waals surface area contributed by atoms with Gasteiger partial charge in [-0.05, 0) is 44.0 Å². The van der Waals surface area contributed by atoms with Crippen LogP contribution < -0.4 is 5.32 Å². The molecule has 1 aromatic heterocycles. The standard InChI is InChI=1S/C24H28N4O3/c1-24(2,3)31-23(30)28-15-17-9-5-4-8-16(17)14-20(28)22(29)25-13-12-21-26-18-10-6-7-11-19(18)27-21/h4-11,20H,12-15H2,1-3H3,(H,25,29)(H,26,27)/t20-/m0/s1. The van der Waals surface area contributed by atoms with Gasteiger partial charge in [0.15, 0.2) is 0 Å². The Hall–Kier alpha value is -3.35. The number of aromatic amines is 1. The first-order chi connectivity index (χ1) is 14.8. The van der Waals surface area contributed by atoms with E-state index in [1.54, 1.807) is 0 Å². The molecule has 4 rings (SSSR count). The van der Waals surface area contributed by atoms with Crippen molar-refractivity contribution in [2.45, 2.75) is 51.8 Å². The summed E-state index contributed by atoms with van der Waals surface area (Å²) in [5.74, 6) is 0.635. The molecule has 2 N–H and O–H groups in total. The molecule has 0 spiro atoms. The van der Waals surface area contributed by atoms with Crippen molar-refractivity contribution >= 4 is 23.0 Å². The largest absolute Gasteiger partial charge is 0.444 e. The summed E-state index contributed by atoms with van der Waals surface area (Å²) < 4.78 is 5.57. The number of nitrogens with one attached hydrogen (secondary N) is 2. The molecule has 1 atom stereocenters. The summed E-state index contributed by atoms with van der Waals surface area (Å²) in [4.78, 5) is 35.2. The van der Waals surface area contributed by atoms with Crippen LogP contribution in [0.4, 0.5) is 4.79 Å². The van der Waals surface area contributed by atoms with Crippen LogP contribution in [-0.2, 0) is 28.9 Å². The number of fused-ring (bicyclic) bond motifs is 2. The molecule has 0 saturated carbocycles. The Balaban J connectivity index is 1.44. The van der Waals surface area contributed by atoms with Crippen molar-refractivity contribution in [3.05, 3.63) is 65.5 Å². The summed E-state index contributed by atoms with van der Waals surface area (Å²) in [5.41, 5.74) is 3.38. The van der Waals surface area contributed by atoms with E-state index in [0.29, 0.717) is 25.9 Å². The van der Waals surface area contributed by atoms with Gasteiger partial charge in [0.05, 0.1) is 17.6 Å². The molecule has 0 unspecified atom stereocenters. The number of hydrogen-bond acceptors (Lipinski definition) is 4. The van der Waals surface area contributed by atoms with Crippen molar-refractivity contribution in [1.82, 2.24) is 20.2 Å². The van der Waals surface area contributed by atoms with E-state index in [9.17, 15) is 9.59 Å². The highest BCUT2D eigenvalue weighted by atomic mass is 16.6. The van der Waals surface area contributed by atoms with Crippen LogP contribution >= 0.6 is 0 Å².